The van der Waals surface area contributed by atoms with Gasteiger partial charge in [0.05, 0.1) is 17.8 Å². The van der Waals surface area contributed by atoms with Crippen molar-refractivity contribution in [2.75, 3.05) is 5.32 Å². The van der Waals surface area contributed by atoms with Crippen molar-refractivity contribution in [3.63, 3.8) is 0 Å². The first-order chi connectivity index (χ1) is 15.2. The number of amides is 1. The molecule has 1 N–H and O–H groups in total. The van der Waals surface area contributed by atoms with E-state index >= 15 is 0 Å². The molecule has 31 heavy (non-hydrogen) atoms. The van der Waals surface area contributed by atoms with E-state index in [4.69, 9.17) is 9.68 Å². The summed E-state index contributed by atoms with van der Waals surface area (Å²) in [5.74, 6) is 1.29. The maximum absolute atomic E-state index is 12.2. The van der Waals surface area contributed by atoms with Crippen molar-refractivity contribution in [2.45, 2.75) is 25.7 Å². The van der Waals surface area contributed by atoms with Crippen LogP contribution in [0.5, 0.6) is 0 Å². The lowest BCUT2D eigenvalue weighted by molar-refractivity contribution is -0.116. The number of benzene rings is 2. The smallest absolute Gasteiger partial charge is 0.226 e. The molecule has 4 aromatic rings. The molecule has 0 saturated carbocycles. The highest BCUT2D eigenvalue weighted by molar-refractivity contribution is 7.15. The Morgan fingerprint density at radius 3 is 2.65 bits per heavy atom. The Labute approximate surface area is 184 Å². The van der Waals surface area contributed by atoms with Crippen molar-refractivity contribution in [3.8, 4) is 17.4 Å². The number of nitrogens with zero attached hydrogens (tertiary/aromatic N) is 3. The summed E-state index contributed by atoms with van der Waals surface area (Å²) in [6.45, 7) is 0. The summed E-state index contributed by atoms with van der Waals surface area (Å²) >= 11 is 1.46. The van der Waals surface area contributed by atoms with E-state index in [0.717, 1.165) is 21.8 Å². The number of carbonyl (C=O) groups is 1. The monoisotopic (exact) mass is 428 g/mol. The van der Waals surface area contributed by atoms with Gasteiger partial charge in [0, 0.05) is 35.9 Å². The Morgan fingerprint density at radius 1 is 1.06 bits per heavy atom. The molecule has 2 heterocycles. The quantitative estimate of drug-likeness (QED) is 0.415. The van der Waals surface area contributed by atoms with Crippen LogP contribution in [0.4, 0.5) is 5.13 Å². The fourth-order valence-corrected chi connectivity index (χ4v) is 3.95. The van der Waals surface area contributed by atoms with Crippen LogP contribution in [-0.2, 0) is 17.6 Å². The Hall–Kier alpha value is -3.76. The van der Waals surface area contributed by atoms with Gasteiger partial charge in [0.1, 0.15) is 0 Å². The molecule has 2 aromatic carbocycles. The molecule has 4 rings (SSSR count). The molecule has 0 spiro atoms. The summed E-state index contributed by atoms with van der Waals surface area (Å²) in [6, 6.07) is 19.4. The first kappa shape index (κ1) is 20.5. The average Bonchev–Trinajstić information content (AvgIpc) is 3.45. The molecule has 7 heteroatoms. The number of thiazole rings is 1. The largest absolute Gasteiger partial charge is 0.441 e. The minimum Gasteiger partial charge on any atom is -0.441 e. The van der Waals surface area contributed by atoms with Crippen LogP contribution >= 0.6 is 11.3 Å². The standard InChI is InChI=1S/C24H20N4O2S/c25-14-18-11-9-17(10-12-18)13-20-15-27-24(31-20)28-22(29)7-4-8-23-26-16-21(30-23)19-5-2-1-3-6-19/h1-3,5-6,9-12,15-16H,4,7-8,13H2,(H,27,28,29). The molecule has 0 fully saturated rings. The zero-order valence-electron chi connectivity index (χ0n) is 16.7. The third-order valence-electron chi connectivity index (χ3n) is 4.67. The predicted octanol–water partition coefficient (Wildman–Crippen LogP) is 5.22. The van der Waals surface area contributed by atoms with Gasteiger partial charge in [-0.3, -0.25) is 4.79 Å². The van der Waals surface area contributed by atoms with Crippen LogP contribution in [-0.4, -0.2) is 15.9 Å². The molecule has 0 bridgehead atoms. The third kappa shape index (κ3) is 5.65. The van der Waals surface area contributed by atoms with E-state index in [9.17, 15) is 4.79 Å². The van der Waals surface area contributed by atoms with Crippen molar-refractivity contribution in [1.29, 1.82) is 5.26 Å². The first-order valence-electron chi connectivity index (χ1n) is 9.93. The van der Waals surface area contributed by atoms with Gasteiger partial charge in [-0.2, -0.15) is 5.26 Å². The Kier molecular flexibility index (Phi) is 6.50. The summed E-state index contributed by atoms with van der Waals surface area (Å²) in [5.41, 5.74) is 2.72. The Balaban J connectivity index is 1.23. The van der Waals surface area contributed by atoms with Gasteiger partial charge < -0.3 is 9.73 Å². The number of oxazole rings is 1. The fourth-order valence-electron chi connectivity index (χ4n) is 3.09. The second-order valence-electron chi connectivity index (χ2n) is 7.00. The van der Waals surface area contributed by atoms with E-state index in [0.29, 0.717) is 42.3 Å². The minimum absolute atomic E-state index is 0.0749. The summed E-state index contributed by atoms with van der Waals surface area (Å²) in [4.78, 5) is 21.9. The molecule has 0 atom stereocenters. The van der Waals surface area contributed by atoms with Crippen LogP contribution in [0.2, 0.25) is 0 Å². The maximum Gasteiger partial charge on any atom is 0.226 e. The number of nitrogens with one attached hydrogen (secondary N) is 1. The summed E-state index contributed by atoms with van der Waals surface area (Å²) in [7, 11) is 0. The summed E-state index contributed by atoms with van der Waals surface area (Å²) in [5, 5.41) is 12.3. The average molecular weight is 429 g/mol. The van der Waals surface area contributed by atoms with Gasteiger partial charge in [0.25, 0.3) is 0 Å². The van der Waals surface area contributed by atoms with Gasteiger partial charge in [0.2, 0.25) is 5.91 Å². The Bertz CT molecular complexity index is 1190. The number of hydrogen-bond donors (Lipinski definition) is 1. The van der Waals surface area contributed by atoms with E-state index in [1.165, 1.54) is 11.3 Å². The molecule has 0 radical (unpaired) electrons. The van der Waals surface area contributed by atoms with Gasteiger partial charge in [-0.25, -0.2) is 9.97 Å². The summed E-state index contributed by atoms with van der Waals surface area (Å²) < 4.78 is 5.77. The third-order valence-corrected chi connectivity index (χ3v) is 5.58. The van der Waals surface area contributed by atoms with Crippen molar-refractivity contribution in [1.82, 2.24) is 9.97 Å². The highest BCUT2D eigenvalue weighted by atomic mass is 32.1. The van der Waals surface area contributed by atoms with Crippen LogP contribution in [0.1, 0.15) is 34.7 Å². The fraction of sp³-hybridized carbons (Fsp3) is 0.167. The number of nitriles is 1. The van der Waals surface area contributed by atoms with Gasteiger partial charge in [0.15, 0.2) is 16.8 Å². The molecular weight excluding hydrogens is 408 g/mol. The molecule has 0 aliphatic heterocycles. The van der Waals surface area contributed by atoms with Crippen molar-refractivity contribution < 1.29 is 9.21 Å². The van der Waals surface area contributed by atoms with E-state index in [-0.39, 0.29) is 5.91 Å². The van der Waals surface area contributed by atoms with Gasteiger partial charge in [-0.1, -0.05) is 42.5 Å². The number of rotatable bonds is 8. The molecule has 2 aromatic heterocycles. The van der Waals surface area contributed by atoms with E-state index in [2.05, 4.69) is 21.4 Å². The number of aromatic nitrogens is 2. The van der Waals surface area contributed by atoms with Gasteiger partial charge >= 0.3 is 0 Å². The summed E-state index contributed by atoms with van der Waals surface area (Å²) in [6.07, 6.45) is 5.82. The molecule has 154 valence electrons. The van der Waals surface area contributed by atoms with Crippen LogP contribution in [0.3, 0.4) is 0 Å². The van der Waals surface area contributed by atoms with Gasteiger partial charge in [-0.05, 0) is 24.1 Å². The lowest BCUT2D eigenvalue weighted by Gasteiger charge is -2.01. The van der Waals surface area contributed by atoms with E-state index in [1.54, 1.807) is 24.5 Å². The molecule has 6 nitrogen and oxygen atoms in total. The zero-order chi connectivity index (χ0) is 21.5. The minimum atomic E-state index is -0.0749. The molecule has 0 aliphatic rings. The van der Waals surface area contributed by atoms with Crippen molar-refractivity contribution >= 4 is 22.4 Å². The molecule has 0 unspecified atom stereocenters. The number of anilines is 1. The highest BCUT2D eigenvalue weighted by Gasteiger charge is 2.10. The zero-order valence-corrected chi connectivity index (χ0v) is 17.6. The second kappa shape index (κ2) is 9.83. The van der Waals surface area contributed by atoms with E-state index in [1.807, 2.05) is 42.5 Å². The molecular formula is C24H20N4O2S. The number of carbonyl (C=O) groups excluding carboxylic acids is 1. The molecule has 0 saturated heterocycles. The lowest BCUT2D eigenvalue weighted by atomic mass is 10.1. The van der Waals surface area contributed by atoms with Crippen LogP contribution in [0, 0.1) is 11.3 Å². The maximum atomic E-state index is 12.2. The first-order valence-corrected chi connectivity index (χ1v) is 10.7. The second-order valence-corrected chi connectivity index (χ2v) is 8.12. The van der Waals surface area contributed by atoms with Crippen molar-refractivity contribution in [2.24, 2.45) is 0 Å². The van der Waals surface area contributed by atoms with Crippen LogP contribution in [0.25, 0.3) is 11.3 Å². The van der Waals surface area contributed by atoms with Gasteiger partial charge in [-0.15, -0.1) is 11.3 Å². The predicted molar refractivity (Wildman–Crippen MR) is 120 cm³/mol. The number of hydrogen-bond acceptors (Lipinski definition) is 6. The number of aryl methyl sites for hydroxylation is 1. The van der Waals surface area contributed by atoms with Crippen LogP contribution < -0.4 is 5.32 Å². The SMILES string of the molecule is N#Cc1ccc(Cc2cnc(NC(=O)CCCc3ncc(-c4ccccc4)o3)s2)cc1. The van der Waals surface area contributed by atoms with Crippen molar-refractivity contribution in [3.05, 3.63) is 88.9 Å². The lowest BCUT2D eigenvalue weighted by Crippen LogP contribution is -2.11. The van der Waals surface area contributed by atoms with Crippen LogP contribution in [0.15, 0.2) is 71.4 Å². The highest BCUT2D eigenvalue weighted by Crippen LogP contribution is 2.23. The molecule has 0 aliphatic carbocycles. The normalized spacial score (nSPS) is 10.5. The topological polar surface area (TPSA) is 91.8 Å². The van der Waals surface area contributed by atoms with E-state index < -0.39 is 0 Å². The Morgan fingerprint density at radius 2 is 1.87 bits per heavy atom. The molecule has 1 amide bonds.